The molecule has 11 heteroatoms. The number of ether oxygens (including phenoxy) is 5. The van der Waals surface area contributed by atoms with E-state index in [1.54, 1.807) is 32.5 Å². The van der Waals surface area contributed by atoms with Gasteiger partial charge in [0.05, 0.1) is 46.0 Å². The van der Waals surface area contributed by atoms with Crippen LogP contribution in [0.25, 0.3) is 10.9 Å². The van der Waals surface area contributed by atoms with Gasteiger partial charge in [-0.2, -0.15) is 4.98 Å². The van der Waals surface area contributed by atoms with Crippen LogP contribution in [0, 0.1) is 0 Å². The highest BCUT2D eigenvalue weighted by Gasteiger charge is 2.45. The maximum Gasteiger partial charge on any atom is 0.257 e. The van der Waals surface area contributed by atoms with Gasteiger partial charge in [-0.3, -0.25) is 0 Å². The molecule has 0 saturated heterocycles. The van der Waals surface area contributed by atoms with Crippen LogP contribution in [-0.2, 0) is 5.60 Å². The molecule has 10 nitrogen and oxygen atoms in total. The molecule has 0 spiro atoms. The summed E-state index contributed by atoms with van der Waals surface area (Å²) in [4.78, 5) is 15.7. The fourth-order valence-corrected chi connectivity index (χ4v) is 5.58. The average molecular weight is 656 g/mol. The number of halogens is 1. The predicted molar refractivity (Wildman–Crippen MR) is 169 cm³/mol. The fraction of sp³-hybridized carbons (Fsp3) is 0.406. The van der Waals surface area contributed by atoms with Crippen LogP contribution in [0.1, 0.15) is 42.9 Å². The molecule has 230 valence electrons. The van der Waals surface area contributed by atoms with Crippen LogP contribution in [-0.4, -0.2) is 80.1 Å². The lowest BCUT2D eigenvalue weighted by atomic mass is 9.71. The van der Waals surface area contributed by atoms with Crippen molar-refractivity contribution in [2.75, 3.05) is 49.1 Å². The molecule has 0 unspecified atom stereocenters. The molecule has 0 amide bonds. The van der Waals surface area contributed by atoms with Crippen molar-refractivity contribution < 1.29 is 28.8 Å². The first-order valence-corrected chi connectivity index (χ1v) is 14.6. The molecule has 1 N–H and O–H groups in total. The SMILES string of the molecule is COc1cc([C@](O)(CCN(C)C)[C@@H](c2cc3cc(Br)ccc3nc2OC)c2ccnc(OC)c2OC)cc(OC(C)C)n1. The molecule has 1 aromatic carbocycles. The van der Waals surface area contributed by atoms with Crippen LogP contribution in [0.15, 0.2) is 53.1 Å². The normalized spacial score (nSPS) is 13.6. The summed E-state index contributed by atoms with van der Waals surface area (Å²) in [6.45, 7) is 4.37. The summed E-state index contributed by atoms with van der Waals surface area (Å²) in [7, 11) is 10.1. The van der Waals surface area contributed by atoms with Gasteiger partial charge in [-0.1, -0.05) is 15.9 Å². The molecule has 2 atom stereocenters. The van der Waals surface area contributed by atoms with Crippen LogP contribution < -0.4 is 23.7 Å². The number of pyridine rings is 3. The van der Waals surface area contributed by atoms with Crippen LogP contribution in [0.3, 0.4) is 0 Å². The summed E-state index contributed by atoms with van der Waals surface area (Å²) in [6, 6.07) is 13.1. The second-order valence-corrected chi connectivity index (χ2v) is 11.6. The molecule has 0 aliphatic rings. The number of fused-ring (bicyclic) bond motifs is 1. The Hall–Kier alpha value is -3.67. The largest absolute Gasteiger partial charge is 0.491 e. The summed E-state index contributed by atoms with van der Waals surface area (Å²) in [6.07, 6.45) is 1.78. The first kappa shape index (κ1) is 32.2. The predicted octanol–water partition coefficient (Wildman–Crippen LogP) is 5.58. The van der Waals surface area contributed by atoms with Crippen LogP contribution >= 0.6 is 15.9 Å². The zero-order valence-corrected chi connectivity index (χ0v) is 27.4. The Morgan fingerprint density at radius 2 is 1.58 bits per heavy atom. The van der Waals surface area contributed by atoms with Crippen molar-refractivity contribution >= 4 is 26.8 Å². The van der Waals surface area contributed by atoms with Gasteiger partial charge in [0.15, 0.2) is 5.75 Å². The van der Waals surface area contributed by atoms with E-state index in [2.05, 4.69) is 25.9 Å². The topological polar surface area (TPSA) is 108 Å². The fourth-order valence-electron chi connectivity index (χ4n) is 5.21. The summed E-state index contributed by atoms with van der Waals surface area (Å²) in [5, 5.41) is 14.1. The minimum absolute atomic E-state index is 0.147. The van der Waals surface area contributed by atoms with Gasteiger partial charge in [0.25, 0.3) is 5.88 Å². The molecule has 0 aliphatic carbocycles. The van der Waals surface area contributed by atoms with Gasteiger partial charge in [-0.15, -0.1) is 0 Å². The quantitative estimate of drug-likeness (QED) is 0.196. The van der Waals surface area contributed by atoms with E-state index in [4.69, 9.17) is 28.7 Å². The van der Waals surface area contributed by atoms with Crippen molar-refractivity contribution in [3.05, 3.63) is 69.8 Å². The summed E-state index contributed by atoms with van der Waals surface area (Å²) < 4.78 is 29.9. The second kappa shape index (κ2) is 13.7. The highest BCUT2D eigenvalue weighted by Crippen LogP contribution is 2.51. The Balaban J connectivity index is 2.14. The number of methoxy groups -OCH3 is 4. The lowest BCUT2D eigenvalue weighted by Crippen LogP contribution is -2.38. The van der Waals surface area contributed by atoms with Crippen molar-refractivity contribution in [3.8, 4) is 29.3 Å². The Labute approximate surface area is 261 Å². The first-order valence-electron chi connectivity index (χ1n) is 13.9. The van der Waals surface area contributed by atoms with Gasteiger partial charge in [0, 0.05) is 45.9 Å². The van der Waals surface area contributed by atoms with Gasteiger partial charge in [-0.05, 0) is 70.3 Å². The number of hydrogen-bond donors (Lipinski definition) is 1. The molecule has 0 aliphatic heterocycles. The number of aromatic nitrogens is 3. The van der Waals surface area contributed by atoms with Crippen LogP contribution in [0.2, 0.25) is 0 Å². The zero-order valence-electron chi connectivity index (χ0n) is 25.8. The standard InChI is InChI=1S/C32H39BrN4O6/c1-19(2)43-27-18-21(17-26(36-27)39-5)32(38,12-14-37(3)4)28(23-11-13-34-31(42-8)29(23)40-6)24-16-20-15-22(33)9-10-25(20)35-30(24)41-7/h9-11,13,15-19,28,38H,12,14H2,1-8H3/t28-,32-/m1/s1. The summed E-state index contributed by atoms with van der Waals surface area (Å²) >= 11 is 3.58. The number of aliphatic hydroxyl groups is 1. The van der Waals surface area contributed by atoms with Crippen molar-refractivity contribution in [3.63, 3.8) is 0 Å². The lowest BCUT2D eigenvalue weighted by molar-refractivity contribution is 0.00250. The van der Waals surface area contributed by atoms with Crippen molar-refractivity contribution in [2.45, 2.75) is 37.9 Å². The monoisotopic (exact) mass is 654 g/mol. The number of hydrogen-bond acceptors (Lipinski definition) is 10. The molecule has 0 radical (unpaired) electrons. The highest BCUT2D eigenvalue weighted by atomic mass is 79.9. The van der Waals surface area contributed by atoms with E-state index in [-0.39, 0.29) is 12.0 Å². The van der Waals surface area contributed by atoms with Gasteiger partial charge >= 0.3 is 0 Å². The van der Waals surface area contributed by atoms with E-state index in [1.165, 1.54) is 14.2 Å². The number of nitrogens with zero attached hydrogens (tertiary/aromatic N) is 4. The van der Waals surface area contributed by atoms with E-state index in [0.717, 1.165) is 15.4 Å². The first-order chi connectivity index (χ1) is 20.5. The highest BCUT2D eigenvalue weighted by molar-refractivity contribution is 9.10. The average Bonchev–Trinajstić information content (AvgIpc) is 2.98. The third kappa shape index (κ3) is 6.95. The third-order valence-corrected chi connectivity index (χ3v) is 7.64. The van der Waals surface area contributed by atoms with E-state index in [9.17, 15) is 5.11 Å². The van der Waals surface area contributed by atoms with Gasteiger partial charge in [-0.25, -0.2) is 9.97 Å². The Morgan fingerprint density at radius 3 is 2.21 bits per heavy atom. The lowest BCUT2D eigenvalue weighted by Gasteiger charge is -2.39. The van der Waals surface area contributed by atoms with Crippen LogP contribution in [0.4, 0.5) is 0 Å². The molecule has 43 heavy (non-hydrogen) atoms. The Bertz CT molecular complexity index is 1570. The molecular weight excluding hydrogens is 616 g/mol. The molecule has 0 saturated carbocycles. The minimum atomic E-state index is -1.59. The molecular formula is C32H39BrN4O6. The number of rotatable bonds is 13. The molecule has 3 aromatic heterocycles. The maximum atomic E-state index is 13.2. The Morgan fingerprint density at radius 1 is 0.860 bits per heavy atom. The minimum Gasteiger partial charge on any atom is -0.491 e. The molecule has 4 rings (SSSR count). The maximum absolute atomic E-state index is 13.2. The van der Waals surface area contributed by atoms with Crippen LogP contribution in [0.5, 0.6) is 29.3 Å². The zero-order chi connectivity index (χ0) is 31.3. The van der Waals surface area contributed by atoms with E-state index >= 15 is 0 Å². The van der Waals surface area contributed by atoms with E-state index < -0.39 is 11.5 Å². The van der Waals surface area contributed by atoms with Crippen molar-refractivity contribution in [1.29, 1.82) is 0 Å². The second-order valence-electron chi connectivity index (χ2n) is 10.7. The Kier molecular flexibility index (Phi) is 10.3. The van der Waals surface area contributed by atoms with Gasteiger partial charge in [0.1, 0.15) is 5.60 Å². The molecule has 0 fully saturated rings. The van der Waals surface area contributed by atoms with Crippen molar-refractivity contribution in [2.24, 2.45) is 0 Å². The van der Waals surface area contributed by atoms with Crippen molar-refractivity contribution in [1.82, 2.24) is 19.9 Å². The van der Waals surface area contributed by atoms with E-state index in [0.29, 0.717) is 53.0 Å². The van der Waals surface area contributed by atoms with E-state index in [1.807, 2.05) is 63.2 Å². The number of benzene rings is 1. The van der Waals surface area contributed by atoms with Gasteiger partial charge < -0.3 is 33.7 Å². The molecule has 3 heterocycles. The summed E-state index contributed by atoms with van der Waals surface area (Å²) in [5.41, 5.74) is 0.965. The molecule has 0 bridgehead atoms. The molecule has 4 aromatic rings. The third-order valence-electron chi connectivity index (χ3n) is 7.15. The van der Waals surface area contributed by atoms with Gasteiger partial charge in [0.2, 0.25) is 17.6 Å². The smallest absolute Gasteiger partial charge is 0.257 e. The summed E-state index contributed by atoms with van der Waals surface area (Å²) in [5.74, 6) is 0.880.